The van der Waals surface area contributed by atoms with Gasteiger partial charge in [-0.25, -0.2) is 0 Å². The van der Waals surface area contributed by atoms with E-state index in [0.29, 0.717) is 5.56 Å². The number of benzene rings is 1. The van der Waals surface area contributed by atoms with E-state index < -0.39 is 20.1 Å². The van der Waals surface area contributed by atoms with Crippen molar-refractivity contribution in [2.75, 3.05) is 0 Å². The third-order valence-electron chi connectivity index (χ3n) is 3.10. The molecule has 0 aliphatic heterocycles. The van der Waals surface area contributed by atoms with Gasteiger partial charge in [0.2, 0.25) is 0 Å². The first-order chi connectivity index (χ1) is 9.59. The average Bonchev–Trinajstić information content (AvgIpc) is 2.36. The van der Waals surface area contributed by atoms with Crippen LogP contribution in [0.3, 0.4) is 0 Å². The molecule has 2 heteroatoms. The number of aromatic nitrogens is 1. The zero-order valence-electron chi connectivity index (χ0n) is 14.4. The van der Waals surface area contributed by atoms with Crippen molar-refractivity contribution in [1.29, 1.82) is 0 Å². The van der Waals surface area contributed by atoms with Gasteiger partial charge in [0.15, 0.2) is 0 Å². The number of hydrogen-bond acceptors (Lipinski definition) is 1. The Kier molecular flexibility index (Phi) is 2.66. The Balaban J connectivity index is 2.37. The summed E-state index contributed by atoms with van der Waals surface area (Å²) in [6.45, 7) is 0.0827. The normalized spacial score (nSPS) is 14.8. The SMILES string of the molecule is [2H]C([2H])([2H])c1ccc(-c2cc(C)[c]([Ge]([CH3])([CH3])[CH3])cn2)cc1. The van der Waals surface area contributed by atoms with Gasteiger partial charge in [-0.1, -0.05) is 0 Å². The summed E-state index contributed by atoms with van der Waals surface area (Å²) < 4.78 is 23.6. The topological polar surface area (TPSA) is 12.9 Å². The maximum atomic E-state index is 7.40. The van der Waals surface area contributed by atoms with Gasteiger partial charge in [-0.05, 0) is 0 Å². The Morgan fingerprint density at radius 3 is 2.28 bits per heavy atom. The molecule has 0 saturated heterocycles. The van der Waals surface area contributed by atoms with Crippen LogP contribution in [-0.2, 0) is 0 Å². The van der Waals surface area contributed by atoms with E-state index in [1.54, 1.807) is 12.1 Å². The van der Waals surface area contributed by atoms with Crippen LogP contribution in [0.25, 0.3) is 11.3 Å². The Morgan fingerprint density at radius 1 is 1.11 bits per heavy atom. The fourth-order valence-electron chi connectivity index (χ4n) is 2.14. The predicted molar refractivity (Wildman–Crippen MR) is 82.1 cm³/mol. The van der Waals surface area contributed by atoms with Crippen molar-refractivity contribution >= 4 is 17.7 Å². The fourth-order valence-corrected chi connectivity index (χ4v) is 5.72. The second-order valence-corrected chi connectivity index (χ2v) is 16.3. The molecule has 2 rings (SSSR count). The summed E-state index contributed by atoms with van der Waals surface area (Å²) in [4.78, 5) is 4.57. The van der Waals surface area contributed by atoms with Gasteiger partial charge in [0.1, 0.15) is 0 Å². The van der Waals surface area contributed by atoms with Gasteiger partial charge in [0.05, 0.1) is 0 Å². The summed E-state index contributed by atoms with van der Waals surface area (Å²) in [6, 6.07) is 9.10. The van der Waals surface area contributed by atoms with E-state index in [4.69, 9.17) is 4.11 Å². The van der Waals surface area contributed by atoms with Gasteiger partial charge in [0, 0.05) is 0 Å². The molecule has 1 aromatic carbocycles. The van der Waals surface area contributed by atoms with Crippen molar-refractivity contribution < 1.29 is 4.11 Å². The summed E-state index contributed by atoms with van der Waals surface area (Å²) in [5.74, 6) is 7.07. The number of pyridine rings is 1. The number of rotatable bonds is 2. The van der Waals surface area contributed by atoms with Crippen LogP contribution in [0.5, 0.6) is 0 Å². The molecule has 0 unspecified atom stereocenters. The molecule has 2 aromatic rings. The minimum absolute atomic E-state index is 0.365. The molecular weight excluding hydrogens is 279 g/mol. The third-order valence-corrected chi connectivity index (χ3v) is 7.59. The molecule has 0 saturated carbocycles. The molecule has 1 aromatic heterocycles. The molecule has 1 heterocycles. The van der Waals surface area contributed by atoms with Gasteiger partial charge >= 0.3 is 117 Å². The molecule has 0 radical (unpaired) electrons. The van der Waals surface area contributed by atoms with Crippen LogP contribution in [-0.4, -0.2) is 18.3 Å². The van der Waals surface area contributed by atoms with Gasteiger partial charge in [-0.3, -0.25) is 0 Å². The Morgan fingerprint density at radius 2 is 1.78 bits per heavy atom. The standard InChI is InChI=1S/C16H21GeN/c1-12-6-8-14(9-7-12)16-10-13(2)15(11-18-16)17(3,4)5/h6-11H,1-5H3/i1D3. The Bertz CT molecular complexity index is 640. The van der Waals surface area contributed by atoms with Crippen molar-refractivity contribution in [2.45, 2.75) is 31.0 Å². The fraction of sp³-hybridized carbons (Fsp3) is 0.312. The number of aryl methyl sites for hydroxylation is 2. The van der Waals surface area contributed by atoms with E-state index in [1.807, 2.05) is 18.3 Å². The van der Waals surface area contributed by atoms with E-state index >= 15 is 0 Å². The maximum absolute atomic E-state index is 7.40. The van der Waals surface area contributed by atoms with Crippen LogP contribution in [0, 0.1) is 13.8 Å². The molecule has 0 aliphatic rings. The van der Waals surface area contributed by atoms with E-state index in [1.165, 1.54) is 9.96 Å². The second kappa shape index (κ2) is 4.89. The molecule has 0 N–H and O–H groups in total. The molecule has 0 spiro atoms. The van der Waals surface area contributed by atoms with Crippen molar-refractivity contribution in [1.82, 2.24) is 4.98 Å². The van der Waals surface area contributed by atoms with Crippen molar-refractivity contribution in [3.05, 3.63) is 47.7 Å². The quantitative estimate of drug-likeness (QED) is 0.767. The van der Waals surface area contributed by atoms with Crippen LogP contribution in [0.15, 0.2) is 36.5 Å². The molecule has 0 amide bonds. The van der Waals surface area contributed by atoms with E-state index in [2.05, 4.69) is 35.2 Å². The monoisotopic (exact) mass is 304 g/mol. The number of hydrogen-bond donors (Lipinski definition) is 0. The predicted octanol–water partition coefficient (Wildman–Crippen LogP) is 3.91. The molecule has 0 aliphatic carbocycles. The minimum atomic E-state index is -2.05. The van der Waals surface area contributed by atoms with Crippen LogP contribution < -0.4 is 4.40 Å². The Labute approximate surface area is 117 Å². The van der Waals surface area contributed by atoms with Gasteiger partial charge in [-0.15, -0.1) is 0 Å². The van der Waals surface area contributed by atoms with Gasteiger partial charge in [-0.2, -0.15) is 0 Å². The molecule has 1 nitrogen and oxygen atoms in total. The van der Waals surface area contributed by atoms with Crippen LogP contribution in [0.4, 0.5) is 0 Å². The molecule has 18 heavy (non-hydrogen) atoms. The number of nitrogens with zero attached hydrogens (tertiary/aromatic N) is 1. The summed E-state index contributed by atoms with van der Waals surface area (Å²) in [5.41, 5.74) is 3.51. The first kappa shape index (κ1) is 9.79. The first-order valence-electron chi connectivity index (χ1n) is 7.67. The zero-order valence-corrected chi connectivity index (χ0v) is 13.5. The van der Waals surface area contributed by atoms with Crippen molar-refractivity contribution in [3.8, 4) is 11.3 Å². The summed E-state index contributed by atoms with van der Waals surface area (Å²) in [7, 11) is 0. The van der Waals surface area contributed by atoms with Crippen LogP contribution >= 0.6 is 0 Å². The average molecular weight is 303 g/mol. The van der Waals surface area contributed by atoms with Gasteiger partial charge in [0.25, 0.3) is 0 Å². The Hall–Kier alpha value is -1.09. The molecule has 94 valence electrons. The first-order valence-corrected chi connectivity index (χ1v) is 13.5. The van der Waals surface area contributed by atoms with E-state index in [9.17, 15) is 0 Å². The van der Waals surface area contributed by atoms with Crippen molar-refractivity contribution in [3.63, 3.8) is 0 Å². The third kappa shape index (κ3) is 2.83. The zero-order chi connectivity index (χ0) is 15.8. The van der Waals surface area contributed by atoms with E-state index in [0.717, 1.165) is 11.3 Å². The molecule has 0 bridgehead atoms. The van der Waals surface area contributed by atoms with Crippen molar-refractivity contribution in [2.24, 2.45) is 0 Å². The molecule has 0 atom stereocenters. The summed E-state index contributed by atoms with van der Waals surface area (Å²) >= 11 is -1.88. The summed E-state index contributed by atoms with van der Waals surface area (Å²) in [5, 5.41) is 0. The second-order valence-electron chi connectivity index (χ2n) is 5.71. The van der Waals surface area contributed by atoms with Gasteiger partial charge < -0.3 is 0 Å². The van der Waals surface area contributed by atoms with Crippen LogP contribution in [0.2, 0.25) is 17.3 Å². The molecule has 0 fully saturated rings. The van der Waals surface area contributed by atoms with E-state index in [-0.39, 0.29) is 0 Å². The molecular formula is C16H21GeN. The van der Waals surface area contributed by atoms with Crippen LogP contribution in [0.1, 0.15) is 15.2 Å². The summed E-state index contributed by atoms with van der Waals surface area (Å²) in [6.07, 6.45) is 2.00.